The summed E-state index contributed by atoms with van der Waals surface area (Å²) in [6.45, 7) is 0. The lowest BCUT2D eigenvalue weighted by Crippen LogP contribution is -2.10. The fraction of sp³-hybridized carbons (Fsp3) is 0. The van der Waals surface area contributed by atoms with Crippen LogP contribution in [0.3, 0.4) is 0 Å². The molecule has 0 saturated carbocycles. The molecule has 0 amide bonds. The third kappa shape index (κ3) is 8.72. The van der Waals surface area contributed by atoms with Gasteiger partial charge in [0.05, 0.1) is 0 Å². The third-order valence-electron chi connectivity index (χ3n) is 19.5. The molecule has 19 rings (SSSR count). The van der Waals surface area contributed by atoms with Gasteiger partial charge in [-0.2, -0.15) is 0 Å². The lowest BCUT2D eigenvalue weighted by molar-refractivity contribution is 1.30. The molecule has 0 N–H and O–H groups in total. The second kappa shape index (κ2) is 20.8. The van der Waals surface area contributed by atoms with E-state index < -0.39 is 0 Å². The molecule has 0 fully saturated rings. The molecular weight excluding hydrogens is 1110 g/mol. The highest BCUT2D eigenvalue weighted by Crippen LogP contribution is 2.50. The van der Waals surface area contributed by atoms with E-state index >= 15 is 0 Å². The minimum atomic E-state index is 1.07. The lowest BCUT2D eigenvalue weighted by Gasteiger charge is -2.29. The van der Waals surface area contributed by atoms with E-state index in [0.717, 1.165) is 45.3 Å². The summed E-state index contributed by atoms with van der Waals surface area (Å²) in [5.41, 5.74) is 11.2. The van der Waals surface area contributed by atoms with Crippen LogP contribution in [0.25, 0.3) is 152 Å². The highest BCUT2D eigenvalue weighted by atomic mass is 15.1. The van der Waals surface area contributed by atoms with E-state index in [1.54, 1.807) is 0 Å². The first-order valence-electron chi connectivity index (χ1n) is 31.8. The van der Waals surface area contributed by atoms with Crippen LogP contribution in [0.5, 0.6) is 0 Å². The Kier molecular flexibility index (Phi) is 11.7. The van der Waals surface area contributed by atoms with Gasteiger partial charge in [-0.05, 0) is 285 Å². The summed E-state index contributed by atoms with van der Waals surface area (Å²) in [5.74, 6) is 0. The second-order valence-electron chi connectivity index (χ2n) is 24.9. The van der Waals surface area contributed by atoms with Crippen LogP contribution < -0.4 is 9.80 Å². The second-order valence-corrected chi connectivity index (χ2v) is 24.9. The molecule has 0 saturated heterocycles. The molecule has 19 aromatic carbocycles. The molecule has 2 heteroatoms. The smallest absolute Gasteiger partial charge is 0.0468 e. The summed E-state index contributed by atoms with van der Waals surface area (Å²) in [5, 5.41) is 29.0. The van der Waals surface area contributed by atoms with Crippen LogP contribution in [-0.4, -0.2) is 0 Å². The maximum absolute atomic E-state index is 2.48. The Morgan fingerprint density at radius 1 is 0.130 bits per heavy atom. The summed E-state index contributed by atoms with van der Waals surface area (Å²) in [4.78, 5) is 4.96. The van der Waals surface area contributed by atoms with Crippen molar-refractivity contribution in [2.75, 3.05) is 9.80 Å². The maximum Gasteiger partial charge on any atom is 0.0468 e. The zero-order valence-corrected chi connectivity index (χ0v) is 50.2. The Morgan fingerprint density at radius 2 is 0.337 bits per heavy atom. The van der Waals surface area contributed by atoms with E-state index in [1.807, 2.05) is 0 Å². The van der Waals surface area contributed by atoms with Gasteiger partial charge in [0.1, 0.15) is 0 Å². The van der Waals surface area contributed by atoms with Gasteiger partial charge in [-0.25, -0.2) is 0 Å². The highest BCUT2D eigenvalue weighted by Gasteiger charge is 2.24. The molecule has 19 aromatic rings. The average molecular weight is 1170 g/mol. The maximum atomic E-state index is 2.48. The number of anilines is 6. The van der Waals surface area contributed by atoms with E-state index in [0.29, 0.717) is 0 Å². The van der Waals surface area contributed by atoms with Crippen molar-refractivity contribution in [3.05, 3.63) is 340 Å². The van der Waals surface area contributed by atoms with Crippen molar-refractivity contribution < 1.29 is 0 Å². The molecular formula is C90H56N2. The number of fused-ring (bicyclic) bond motifs is 12. The van der Waals surface area contributed by atoms with E-state index in [4.69, 9.17) is 0 Å². The van der Waals surface area contributed by atoms with Crippen LogP contribution in [0.2, 0.25) is 0 Å². The molecule has 0 unspecified atom stereocenters. The van der Waals surface area contributed by atoms with Crippen molar-refractivity contribution in [3.8, 4) is 22.3 Å². The monoisotopic (exact) mass is 1160 g/mol. The molecule has 0 aliphatic heterocycles. The molecule has 92 heavy (non-hydrogen) atoms. The normalized spacial score (nSPS) is 11.9. The fourth-order valence-corrected chi connectivity index (χ4v) is 15.0. The summed E-state index contributed by atoms with van der Waals surface area (Å²) >= 11 is 0. The number of hydrogen-bond acceptors (Lipinski definition) is 2. The van der Waals surface area contributed by atoms with Crippen molar-refractivity contribution in [3.63, 3.8) is 0 Å². The van der Waals surface area contributed by atoms with Crippen LogP contribution >= 0.6 is 0 Å². The molecule has 0 atom stereocenters. The molecule has 0 heterocycles. The van der Waals surface area contributed by atoms with Crippen molar-refractivity contribution in [2.24, 2.45) is 0 Å². The van der Waals surface area contributed by atoms with Crippen molar-refractivity contribution >= 4 is 163 Å². The standard InChI is InChI=1S/C90H56N2/c1-3-15-59-45-73(27-25-57(59)13-1)89-85-39-37-84(92(81-35-31-71-43-63-19-7-11-23-67(63)49-77(71)53-81)82-36-32-72-44-64-20-8-12-24-68(64)50-78(72)54-82)56-88(85)90(74-28-26-58-14-2-4-16-60(58)46-74)86-40-38-83(55-87(86)89)91(79-33-29-69-41-61-17-5-9-21-65(61)47-75(69)51-79)80-34-30-70-42-62-18-6-10-22-66(62)48-76(70)52-80/h1-56H. The van der Waals surface area contributed by atoms with Crippen LogP contribution in [0.4, 0.5) is 34.1 Å². The van der Waals surface area contributed by atoms with Crippen LogP contribution in [0.1, 0.15) is 0 Å². The van der Waals surface area contributed by atoms with E-state index in [2.05, 4.69) is 350 Å². The quantitative estimate of drug-likeness (QED) is 0.140. The molecule has 0 bridgehead atoms. The number of nitrogens with zero attached hydrogens (tertiary/aromatic N) is 2. The van der Waals surface area contributed by atoms with Crippen LogP contribution in [0.15, 0.2) is 340 Å². The van der Waals surface area contributed by atoms with E-state index in [9.17, 15) is 0 Å². The minimum absolute atomic E-state index is 1.07. The summed E-state index contributed by atoms with van der Waals surface area (Å²) < 4.78 is 0. The zero-order chi connectivity index (χ0) is 60.4. The number of rotatable bonds is 8. The SMILES string of the molecule is c1ccc2cc(-c3c4ccc(N(c5ccc6cc7ccccc7cc6c5)c5ccc6cc7ccccc7cc6c5)cc4c(-c4ccc5ccccc5c4)c4ccc(N(c5ccc6cc7ccccc7cc6c5)c5ccc6cc7ccccc7cc6c5)cc34)ccc2c1. The Morgan fingerprint density at radius 3 is 0.620 bits per heavy atom. The molecule has 0 radical (unpaired) electrons. The first-order chi connectivity index (χ1) is 45.5. The van der Waals surface area contributed by atoms with Gasteiger partial charge < -0.3 is 9.80 Å². The number of benzene rings is 19. The molecule has 0 aliphatic carbocycles. The first kappa shape index (κ1) is 51.9. The summed E-state index contributed by atoms with van der Waals surface area (Å²) in [7, 11) is 0. The first-order valence-corrected chi connectivity index (χ1v) is 31.8. The van der Waals surface area contributed by atoms with Gasteiger partial charge in [0.25, 0.3) is 0 Å². The molecule has 0 spiro atoms. The number of hydrogen-bond donors (Lipinski definition) is 0. The predicted molar refractivity (Wildman–Crippen MR) is 397 cm³/mol. The van der Waals surface area contributed by atoms with Crippen LogP contribution in [0, 0.1) is 0 Å². The molecule has 2 nitrogen and oxygen atoms in total. The van der Waals surface area contributed by atoms with Gasteiger partial charge in [-0.15, -0.1) is 0 Å². The third-order valence-corrected chi connectivity index (χ3v) is 19.5. The molecule has 426 valence electrons. The predicted octanol–water partition coefficient (Wildman–Crippen LogP) is 25.8. The summed E-state index contributed by atoms with van der Waals surface area (Å²) in [6, 6.07) is 128. The van der Waals surface area contributed by atoms with Gasteiger partial charge in [-0.1, -0.05) is 206 Å². The van der Waals surface area contributed by atoms with E-state index in [1.165, 1.54) is 140 Å². The van der Waals surface area contributed by atoms with E-state index in [-0.39, 0.29) is 0 Å². The largest absolute Gasteiger partial charge is 0.310 e. The Balaban J connectivity index is 0.896. The van der Waals surface area contributed by atoms with Crippen molar-refractivity contribution in [1.29, 1.82) is 0 Å². The molecule has 0 aromatic heterocycles. The Labute approximate surface area is 531 Å². The van der Waals surface area contributed by atoms with Gasteiger partial charge in [0, 0.05) is 34.1 Å². The molecule has 0 aliphatic rings. The van der Waals surface area contributed by atoms with Crippen molar-refractivity contribution in [2.45, 2.75) is 0 Å². The topological polar surface area (TPSA) is 6.48 Å². The Hall–Kier alpha value is -12.1. The fourth-order valence-electron chi connectivity index (χ4n) is 15.0. The minimum Gasteiger partial charge on any atom is -0.310 e. The van der Waals surface area contributed by atoms with Gasteiger partial charge in [0.15, 0.2) is 0 Å². The van der Waals surface area contributed by atoms with Crippen LogP contribution in [-0.2, 0) is 0 Å². The Bertz CT molecular complexity index is 5670. The van der Waals surface area contributed by atoms with Crippen molar-refractivity contribution in [1.82, 2.24) is 0 Å². The lowest BCUT2D eigenvalue weighted by atomic mass is 9.84. The van der Waals surface area contributed by atoms with Gasteiger partial charge in [-0.3, -0.25) is 0 Å². The summed E-state index contributed by atoms with van der Waals surface area (Å²) in [6.07, 6.45) is 0. The van der Waals surface area contributed by atoms with Gasteiger partial charge >= 0.3 is 0 Å². The average Bonchev–Trinajstić information content (AvgIpc) is 0.740. The zero-order valence-electron chi connectivity index (χ0n) is 50.2. The van der Waals surface area contributed by atoms with Gasteiger partial charge in [0.2, 0.25) is 0 Å². The highest BCUT2D eigenvalue weighted by molar-refractivity contribution is 6.24.